The topological polar surface area (TPSA) is 86.8 Å². The number of amides is 2. The highest BCUT2D eigenvalue weighted by Crippen LogP contribution is 2.23. The average Bonchev–Trinajstić information content (AvgIpc) is 2.85. The van der Waals surface area contributed by atoms with Gasteiger partial charge in [-0.25, -0.2) is 12.8 Å². The van der Waals surface area contributed by atoms with Crippen molar-refractivity contribution in [2.75, 3.05) is 17.1 Å². The van der Waals surface area contributed by atoms with Gasteiger partial charge in [0.1, 0.15) is 18.4 Å². The number of carbonyl (C=O) groups excluding carboxylic acids is 2. The molecule has 202 valence electrons. The van der Waals surface area contributed by atoms with Crippen LogP contribution in [-0.2, 0) is 26.2 Å². The molecule has 0 bridgehead atoms. The molecule has 1 aliphatic rings. The standard InChI is InChI=1S/C28H38FN3O4S/c1-5-26(28(34)30-24-9-7-6-8-10-24)31(18-22-12-14-23(29)15-13-22)27(33)19-32(37(4,35)36)25-16-11-20(2)21(3)17-25/h11-17,24,26H,5-10,18-19H2,1-4H3,(H,30,34)/t26-/m0/s1. The van der Waals surface area contributed by atoms with Gasteiger partial charge in [-0.3, -0.25) is 13.9 Å². The molecule has 37 heavy (non-hydrogen) atoms. The monoisotopic (exact) mass is 531 g/mol. The van der Waals surface area contributed by atoms with Gasteiger partial charge in [-0.15, -0.1) is 0 Å². The SMILES string of the molecule is CC[C@@H](C(=O)NC1CCCCC1)N(Cc1ccc(F)cc1)C(=O)CN(c1ccc(C)c(C)c1)S(C)(=O)=O. The second kappa shape index (κ2) is 12.5. The highest BCUT2D eigenvalue weighted by molar-refractivity contribution is 7.92. The number of anilines is 1. The van der Waals surface area contributed by atoms with E-state index >= 15 is 0 Å². The number of hydrogen-bond donors (Lipinski definition) is 1. The van der Waals surface area contributed by atoms with Crippen molar-refractivity contribution in [1.29, 1.82) is 0 Å². The molecule has 0 saturated heterocycles. The quantitative estimate of drug-likeness (QED) is 0.490. The third kappa shape index (κ3) is 7.77. The largest absolute Gasteiger partial charge is 0.352 e. The van der Waals surface area contributed by atoms with Crippen molar-refractivity contribution < 1.29 is 22.4 Å². The summed E-state index contributed by atoms with van der Waals surface area (Å²) in [4.78, 5) is 28.6. The Labute approximate surface area is 220 Å². The molecular weight excluding hydrogens is 493 g/mol. The van der Waals surface area contributed by atoms with Gasteiger partial charge in [-0.1, -0.05) is 44.4 Å². The molecular formula is C28H38FN3O4S. The Morgan fingerprint density at radius 2 is 1.68 bits per heavy atom. The van der Waals surface area contributed by atoms with Crippen molar-refractivity contribution in [3.05, 3.63) is 65.0 Å². The molecule has 0 aliphatic heterocycles. The minimum atomic E-state index is -3.79. The maximum atomic E-state index is 13.8. The third-order valence-corrected chi connectivity index (χ3v) is 8.20. The van der Waals surface area contributed by atoms with Gasteiger partial charge in [0, 0.05) is 12.6 Å². The van der Waals surface area contributed by atoms with Crippen LogP contribution in [0.15, 0.2) is 42.5 Å². The zero-order chi connectivity index (χ0) is 27.2. The van der Waals surface area contributed by atoms with Crippen LogP contribution in [0.1, 0.15) is 62.1 Å². The maximum Gasteiger partial charge on any atom is 0.244 e. The van der Waals surface area contributed by atoms with Crippen LogP contribution in [0.5, 0.6) is 0 Å². The Morgan fingerprint density at radius 1 is 1.03 bits per heavy atom. The van der Waals surface area contributed by atoms with E-state index in [1.54, 1.807) is 24.3 Å². The number of nitrogens with one attached hydrogen (secondary N) is 1. The summed E-state index contributed by atoms with van der Waals surface area (Å²) in [6.07, 6.45) is 6.49. The van der Waals surface area contributed by atoms with Crippen LogP contribution in [0.3, 0.4) is 0 Å². The molecule has 1 aliphatic carbocycles. The normalized spacial score (nSPS) is 15.2. The first-order valence-corrected chi connectivity index (χ1v) is 14.7. The van der Waals surface area contributed by atoms with Gasteiger partial charge in [-0.2, -0.15) is 0 Å². The van der Waals surface area contributed by atoms with Crippen LogP contribution in [0.4, 0.5) is 10.1 Å². The lowest BCUT2D eigenvalue weighted by Crippen LogP contribution is -2.53. The fraction of sp³-hybridized carbons (Fsp3) is 0.500. The Bertz CT molecular complexity index is 1190. The summed E-state index contributed by atoms with van der Waals surface area (Å²) >= 11 is 0. The van der Waals surface area contributed by atoms with Crippen molar-refractivity contribution in [3.63, 3.8) is 0 Å². The second-order valence-electron chi connectivity index (χ2n) is 9.95. The summed E-state index contributed by atoms with van der Waals surface area (Å²) in [5, 5.41) is 3.10. The molecule has 1 saturated carbocycles. The minimum Gasteiger partial charge on any atom is -0.352 e. The number of nitrogens with zero attached hydrogens (tertiary/aromatic N) is 2. The smallest absolute Gasteiger partial charge is 0.244 e. The summed E-state index contributed by atoms with van der Waals surface area (Å²) in [6.45, 7) is 5.24. The molecule has 0 unspecified atom stereocenters. The molecule has 2 aromatic rings. The highest BCUT2D eigenvalue weighted by atomic mass is 32.2. The molecule has 1 fully saturated rings. The van der Waals surface area contributed by atoms with E-state index in [1.807, 2.05) is 26.8 Å². The van der Waals surface area contributed by atoms with Crippen LogP contribution in [0.25, 0.3) is 0 Å². The van der Waals surface area contributed by atoms with Crippen molar-refractivity contribution in [1.82, 2.24) is 10.2 Å². The molecule has 2 aromatic carbocycles. The number of halogens is 1. The van der Waals surface area contributed by atoms with Crippen LogP contribution in [-0.4, -0.2) is 50.0 Å². The first-order valence-electron chi connectivity index (χ1n) is 12.9. The van der Waals surface area contributed by atoms with E-state index in [2.05, 4.69) is 5.32 Å². The van der Waals surface area contributed by atoms with Crippen LogP contribution in [0.2, 0.25) is 0 Å². The van der Waals surface area contributed by atoms with Crippen LogP contribution < -0.4 is 9.62 Å². The van der Waals surface area contributed by atoms with E-state index in [9.17, 15) is 22.4 Å². The first-order chi connectivity index (χ1) is 17.5. The van der Waals surface area contributed by atoms with E-state index in [-0.39, 0.29) is 18.5 Å². The second-order valence-corrected chi connectivity index (χ2v) is 11.9. The number of rotatable bonds is 10. The lowest BCUT2D eigenvalue weighted by Gasteiger charge is -2.34. The summed E-state index contributed by atoms with van der Waals surface area (Å²) in [6, 6.07) is 10.3. The van der Waals surface area contributed by atoms with Gasteiger partial charge in [0.25, 0.3) is 0 Å². The van der Waals surface area contributed by atoms with Gasteiger partial charge < -0.3 is 10.2 Å². The molecule has 1 N–H and O–H groups in total. The average molecular weight is 532 g/mol. The summed E-state index contributed by atoms with van der Waals surface area (Å²) in [7, 11) is -3.79. The molecule has 0 radical (unpaired) electrons. The van der Waals surface area contributed by atoms with Gasteiger partial charge in [0.2, 0.25) is 21.8 Å². The third-order valence-electron chi connectivity index (χ3n) is 7.06. The van der Waals surface area contributed by atoms with Gasteiger partial charge in [-0.05, 0) is 74.1 Å². The Kier molecular flexibility index (Phi) is 9.70. The molecule has 1 atom stereocenters. The predicted molar refractivity (Wildman–Crippen MR) is 144 cm³/mol. The number of carbonyl (C=O) groups is 2. The molecule has 7 nitrogen and oxygen atoms in total. The fourth-order valence-electron chi connectivity index (χ4n) is 4.74. The lowest BCUT2D eigenvalue weighted by atomic mass is 9.95. The van der Waals surface area contributed by atoms with Gasteiger partial charge >= 0.3 is 0 Å². The number of sulfonamides is 1. The predicted octanol–water partition coefficient (Wildman–Crippen LogP) is 4.46. The lowest BCUT2D eigenvalue weighted by molar-refractivity contribution is -0.140. The highest BCUT2D eigenvalue weighted by Gasteiger charge is 2.32. The van der Waals surface area contributed by atoms with E-state index in [4.69, 9.17) is 0 Å². The van der Waals surface area contributed by atoms with Crippen molar-refractivity contribution in [2.24, 2.45) is 0 Å². The fourth-order valence-corrected chi connectivity index (χ4v) is 5.59. The Morgan fingerprint density at radius 3 is 2.24 bits per heavy atom. The van der Waals surface area contributed by atoms with Crippen LogP contribution >= 0.6 is 0 Å². The number of aryl methyl sites for hydroxylation is 2. The first kappa shape index (κ1) is 28.6. The molecule has 3 rings (SSSR count). The van der Waals surface area contributed by atoms with Crippen molar-refractivity contribution in [3.8, 4) is 0 Å². The zero-order valence-corrected chi connectivity index (χ0v) is 23.0. The van der Waals surface area contributed by atoms with E-state index in [1.165, 1.54) is 17.0 Å². The maximum absolute atomic E-state index is 13.8. The van der Waals surface area contributed by atoms with Crippen molar-refractivity contribution in [2.45, 2.75) is 77.9 Å². The number of hydrogen-bond acceptors (Lipinski definition) is 4. The molecule has 9 heteroatoms. The van der Waals surface area contributed by atoms with Crippen molar-refractivity contribution >= 4 is 27.5 Å². The van der Waals surface area contributed by atoms with Crippen LogP contribution in [0, 0.1) is 19.7 Å². The van der Waals surface area contributed by atoms with E-state index < -0.39 is 34.3 Å². The Hall–Kier alpha value is -2.94. The molecule has 0 heterocycles. The minimum absolute atomic E-state index is 0.0558. The van der Waals surface area contributed by atoms with Gasteiger partial charge in [0.05, 0.1) is 11.9 Å². The summed E-state index contributed by atoms with van der Waals surface area (Å²) in [5.74, 6) is -1.15. The van der Waals surface area contributed by atoms with Gasteiger partial charge in [0.15, 0.2) is 0 Å². The zero-order valence-electron chi connectivity index (χ0n) is 22.2. The molecule has 0 aromatic heterocycles. The molecule has 0 spiro atoms. The van der Waals surface area contributed by atoms with E-state index in [0.29, 0.717) is 17.7 Å². The number of benzene rings is 2. The summed E-state index contributed by atoms with van der Waals surface area (Å²) in [5.41, 5.74) is 2.95. The summed E-state index contributed by atoms with van der Waals surface area (Å²) < 4.78 is 40.1. The van der Waals surface area contributed by atoms with E-state index in [0.717, 1.165) is 53.8 Å². The molecule has 2 amide bonds. The Balaban J connectivity index is 1.92.